The molecule has 0 radical (unpaired) electrons. The molecule has 0 unspecified atom stereocenters. The second-order valence-electron chi connectivity index (χ2n) is 9.45. The zero-order valence-electron chi connectivity index (χ0n) is 20.1. The molecule has 2 aromatic carbocycles. The summed E-state index contributed by atoms with van der Waals surface area (Å²) in [7, 11) is 0. The Kier molecular flexibility index (Phi) is 8.51. The van der Waals surface area contributed by atoms with Gasteiger partial charge >= 0.3 is 5.97 Å². The largest absolute Gasteiger partial charge is 0.478 e. The summed E-state index contributed by atoms with van der Waals surface area (Å²) >= 11 is 7.59. The van der Waals surface area contributed by atoms with Gasteiger partial charge in [-0.15, -0.1) is 0 Å². The van der Waals surface area contributed by atoms with Crippen LogP contribution in [0, 0.1) is 5.41 Å². The number of halogens is 1. The van der Waals surface area contributed by atoms with Crippen LogP contribution in [0.3, 0.4) is 0 Å². The highest BCUT2D eigenvalue weighted by molar-refractivity contribution is 7.98. The lowest BCUT2D eigenvalue weighted by Gasteiger charge is -2.51. The second kappa shape index (κ2) is 11.0. The number of aromatic carboxylic acids is 1. The van der Waals surface area contributed by atoms with Gasteiger partial charge in [-0.1, -0.05) is 43.6 Å². The van der Waals surface area contributed by atoms with Gasteiger partial charge in [0.1, 0.15) is 6.04 Å². The normalized spacial score (nSPS) is 20.2. The van der Waals surface area contributed by atoms with Gasteiger partial charge in [0, 0.05) is 29.1 Å². The molecule has 2 atom stereocenters. The Morgan fingerprint density at radius 2 is 1.80 bits per heavy atom. The average Bonchev–Trinajstić information content (AvgIpc) is 2.83. The maximum Gasteiger partial charge on any atom is 0.335 e. The zero-order chi connectivity index (χ0) is 25.8. The monoisotopic (exact) mass is 518 g/mol. The smallest absolute Gasteiger partial charge is 0.335 e. The molecular weight excluding hydrogens is 488 g/mol. The van der Waals surface area contributed by atoms with E-state index in [1.54, 1.807) is 28.8 Å². The third-order valence-corrected chi connectivity index (χ3v) is 7.56. The van der Waals surface area contributed by atoms with Crippen LogP contribution in [0.1, 0.15) is 53.0 Å². The molecule has 7 nitrogen and oxygen atoms in total. The van der Waals surface area contributed by atoms with Crippen molar-refractivity contribution in [2.24, 2.45) is 5.41 Å². The fraction of sp³-hybridized carbons (Fsp3) is 0.423. The molecule has 0 bridgehead atoms. The third kappa shape index (κ3) is 6.00. The Morgan fingerprint density at radius 1 is 1.14 bits per heavy atom. The van der Waals surface area contributed by atoms with E-state index in [9.17, 15) is 24.6 Å². The number of piperidine rings is 1. The van der Waals surface area contributed by atoms with Crippen molar-refractivity contribution in [2.75, 3.05) is 25.1 Å². The first-order valence-corrected chi connectivity index (χ1v) is 13.2. The predicted octanol–water partition coefficient (Wildman–Crippen LogP) is 4.04. The molecule has 35 heavy (non-hydrogen) atoms. The number of nitrogens with zero attached hydrogens (tertiary/aromatic N) is 1. The summed E-state index contributed by atoms with van der Waals surface area (Å²) in [6.07, 6.45) is 2.70. The summed E-state index contributed by atoms with van der Waals surface area (Å²) in [6.45, 7) is 4.49. The van der Waals surface area contributed by atoms with Crippen molar-refractivity contribution < 1.29 is 24.6 Å². The number of carboxylic acid groups (broad SMARTS) is 1. The number of likely N-dealkylation sites (tertiary alicyclic amines) is 1. The minimum Gasteiger partial charge on any atom is -0.478 e. The number of amides is 2. The molecule has 3 rings (SSSR count). The summed E-state index contributed by atoms with van der Waals surface area (Å²) in [5, 5.41) is 24.2. The van der Waals surface area contributed by atoms with Gasteiger partial charge in [0.05, 0.1) is 11.2 Å². The van der Waals surface area contributed by atoms with Crippen LogP contribution >= 0.6 is 23.4 Å². The summed E-state index contributed by atoms with van der Waals surface area (Å²) in [6, 6.07) is 12.1. The van der Waals surface area contributed by atoms with Crippen molar-refractivity contribution in [1.29, 1.82) is 0 Å². The Morgan fingerprint density at radius 3 is 2.40 bits per heavy atom. The number of hydrogen-bond donors (Lipinski definition) is 3. The molecule has 1 heterocycles. The summed E-state index contributed by atoms with van der Waals surface area (Å²) in [5.41, 5.74) is -0.848. The highest BCUT2D eigenvalue weighted by Gasteiger charge is 2.50. The van der Waals surface area contributed by atoms with E-state index in [0.717, 1.165) is 5.56 Å². The summed E-state index contributed by atoms with van der Waals surface area (Å²) < 4.78 is 0. The van der Waals surface area contributed by atoms with Gasteiger partial charge in [0.2, 0.25) is 5.91 Å². The SMILES string of the molecule is CSCC[C@@H](NC(=O)c1cccc(C(=O)O)c1)C(=O)N1CC[C@](O)(c2ccc(Cl)cc2)C(C)(C)C1. The van der Waals surface area contributed by atoms with Crippen molar-refractivity contribution in [2.45, 2.75) is 38.3 Å². The number of nitrogens with one attached hydrogen (secondary N) is 1. The van der Waals surface area contributed by atoms with Gasteiger partial charge < -0.3 is 20.4 Å². The number of carboxylic acids is 1. The fourth-order valence-electron chi connectivity index (χ4n) is 4.52. The van der Waals surface area contributed by atoms with Crippen molar-refractivity contribution >= 4 is 41.1 Å². The average molecular weight is 519 g/mol. The van der Waals surface area contributed by atoms with Gasteiger partial charge in [0.25, 0.3) is 5.91 Å². The Hall–Kier alpha value is -2.55. The first-order chi connectivity index (χ1) is 16.5. The van der Waals surface area contributed by atoms with Crippen molar-refractivity contribution in [3.05, 3.63) is 70.2 Å². The lowest BCUT2D eigenvalue weighted by Crippen LogP contribution is -2.59. The van der Waals surface area contributed by atoms with Crippen molar-refractivity contribution in [3.8, 4) is 0 Å². The van der Waals surface area contributed by atoms with Crippen LogP contribution in [0.2, 0.25) is 5.02 Å². The molecule has 1 saturated heterocycles. The van der Waals surface area contributed by atoms with Crippen LogP contribution in [-0.4, -0.2) is 64.0 Å². The van der Waals surface area contributed by atoms with E-state index in [-0.39, 0.29) is 17.0 Å². The number of thioether (sulfide) groups is 1. The lowest BCUT2D eigenvalue weighted by atomic mass is 9.66. The highest BCUT2D eigenvalue weighted by Crippen LogP contribution is 2.46. The minimum absolute atomic E-state index is 0.00362. The number of rotatable bonds is 8. The van der Waals surface area contributed by atoms with E-state index in [1.807, 2.05) is 32.2 Å². The van der Waals surface area contributed by atoms with Crippen LogP contribution in [-0.2, 0) is 10.4 Å². The lowest BCUT2D eigenvalue weighted by molar-refractivity contribution is -0.154. The number of carbonyl (C=O) groups excluding carboxylic acids is 2. The molecule has 0 aromatic heterocycles. The van der Waals surface area contributed by atoms with Gasteiger partial charge in [-0.25, -0.2) is 4.79 Å². The van der Waals surface area contributed by atoms with E-state index in [4.69, 9.17) is 11.6 Å². The van der Waals surface area contributed by atoms with Gasteiger partial charge in [-0.2, -0.15) is 11.8 Å². The Balaban J connectivity index is 1.77. The molecule has 1 aliphatic rings. The molecule has 0 aliphatic carbocycles. The maximum atomic E-state index is 13.5. The molecule has 2 amide bonds. The summed E-state index contributed by atoms with van der Waals surface area (Å²) in [5.74, 6) is -1.18. The van der Waals surface area contributed by atoms with Gasteiger partial charge in [-0.05, 0) is 60.7 Å². The number of aliphatic hydroxyl groups is 1. The molecule has 0 saturated carbocycles. The van der Waals surface area contributed by atoms with Gasteiger partial charge in [-0.3, -0.25) is 9.59 Å². The van der Waals surface area contributed by atoms with Crippen molar-refractivity contribution in [1.82, 2.24) is 10.2 Å². The van der Waals surface area contributed by atoms with Crippen LogP contribution in [0.25, 0.3) is 0 Å². The van der Waals surface area contributed by atoms with Crippen LogP contribution in [0.15, 0.2) is 48.5 Å². The standard InChI is InChI=1S/C26H31ClN2O5S/c1-25(2)16-29(13-12-26(25,34)19-7-9-20(27)10-8-19)23(31)21(11-14-35-3)28-22(30)17-5-4-6-18(15-17)24(32)33/h4-10,15,21,34H,11-14,16H2,1-3H3,(H,28,30)(H,32,33)/t21-,26+/m1/s1. The van der Waals surface area contributed by atoms with Crippen LogP contribution in [0.4, 0.5) is 0 Å². The molecular formula is C26H31ClN2O5S. The third-order valence-electron chi connectivity index (χ3n) is 6.67. The molecule has 9 heteroatoms. The fourth-order valence-corrected chi connectivity index (χ4v) is 5.12. The molecule has 1 aliphatic heterocycles. The zero-order valence-corrected chi connectivity index (χ0v) is 21.7. The molecule has 1 fully saturated rings. The van der Waals surface area contributed by atoms with E-state index in [1.165, 1.54) is 24.3 Å². The molecule has 188 valence electrons. The number of benzene rings is 2. The van der Waals surface area contributed by atoms with E-state index in [2.05, 4.69) is 5.32 Å². The quantitative estimate of drug-likeness (QED) is 0.487. The number of hydrogen-bond acceptors (Lipinski definition) is 5. The first kappa shape index (κ1) is 27.0. The molecule has 2 aromatic rings. The topological polar surface area (TPSA) is 107 Å². The first-order valence-electron chi connectivity index (χ1n) is 11.4. The molecule has 0 spiro atoms. The number of carbonyl (C=O) groups is 3. The maximum absolute atomic E-state index is 13.5. The van der Waals surface area contributed by atoms with Gasteiger partial charge in [0.15, 0.2) is 0 Å². The summed E-state index contributed by atoms with van der Waals surface area (Å²) in [4.78, 5) is 39.4. The highest BCUT2D eigenvalue weighted by atomic mass is 35.5. The predicted molar refractivity (Wildman–Crippen MR) is 138 cm³/mol. The van der Waals surface area contributed by atoms with E-state index < -0.39 is 28.9 Å². The van der Waals surface area contributed by atoms with Crippen LogP contribution < -0.4 is 5.32 Å². The Bertz CT molecular complexity index is 1090. The van der Waals surface area contributed by atoms with Crippen molar-refractivity contribution in [3.63, 3.8) is 0 Å². The minimum atomic E-state index is -1.14. The van der Waals surface area contributed by atoms with E-state index >= 15 is 0 Å². The second-order valence-corrected chi connectivity index (χ2v) is 10.9. The van der Waals surface area contributed by atoms with E-state index in [0.29, 0.717) is 36.7 Å². The molecule has 3 N–H and O–H groups in total. The van der Waals surface area contributed by atoms with Crippen LogP contribution in [0.5, 0.6) is 0 Å². The Labute approximate surface area is 214 Å².